The number of hydrogen-bond donors (Lipinski definition) is 0. The zero-order chi connectivity index (χ0) is 20.6. The normalized spacial score (nSPS) is 24.1. The van der Waals surface area contributed by atoms with Crippen molar-refractivity contribution in [2.24, 2.45) is 0 Å². The summed E-state index contributed by atoms with van der Waals surface area (Å²) in [6.07, 6.45) is 4.34. The predicted octanol–water partition coefficient (Wildman–Crippen LogP) is 1.54. The van der Waals surface area contributed by atoms with Gasteiger partial charge in [0, 0.05) is 33.0 Å². The van der Waals surface area contributed by atoms with Gasteiger partial charge in [-0.25, -0.2) is 4.79 Å². The Hall–Kier alpha value is -2.90. The Labute approximate surface area is 169 Å². The highest BCUT2D eigenvalue weighted by atomic mass is 16.5. The highest BCUT2D eigenvalue weighted by Crippen LogP contribution is 2.44. The number of para-hydroxylation sites is 1. The van der Waals surface area contributed by atoms with Gasteiger partial charge in [-0.1, -0.05) is 25.0 Å². The Morgan fingerprint density at radius 1 is 1.07 bits per heavy atom. The molecule has 29 heavy (non-hydrogen) atoms. The minimum Gasteiger partial charge on any atom is -0.452 e. The summed E-state index contributed by atoms with van der Waals surface area (Å²) in [4.78, 5) is 55.6. The van der Waals surface area contributed by atoms with E-state index in [1.54, 1.807) is 29.2 Å². The number of carbonyl (C=O) groups excluding carboxylic acids is 4. The molecule has 8 nitrogen and oxygen atoms in total. The molecule has 8 heteroatoms. The van der Waals surface area contributed by atoms with Gasteiger partial charge in [0.15, 0.2) is 6.61 Å². The van der Waals surface area contributed by atoms with Gasteiger partial charge in [0.2, 0.25) is 11.6 Å². The van der Waals surface area contributed by atoms with E-state index in [2.05, 4.69) is 0 Å². The lowest BCUT2D eigenvalue weighted by molar-refractivity contribution is -0.161. The van der Waals surface area contributed by atoms with Gasteiger partial charge < -0.3 is 14.5 Å². The maximum Gasteiger partial charge on any atom is 0.354 e. The molecule has 0 spiro atoms. The molecule has 4 rings (SSSR count). The molecule has 3 amide bonds. The van der Waals surface area contributed by atoms with E-state index in [4.69, 9.17) is 4.74 Å². The van der Waals surface area contributed by atoms with E-state index >= 15 is 0 Å². The maximum atomic E-state index is 13.2. The Morgan fingerprint density at radius 2 is 1.76 bits per heavy atom. The standard InChI is InChI=1S/C21H25N3O5/c1-22-19(27)15-8-4-5-9-16(15)24-17(25)10-11-21(22,24)20(28)29-14-18(26)23-12-6-2-3-7-13-23/h4-5,8-9H,2-3,6-7,10-14H2,1H3/t21-/m0/s1. The maximum absolute atomic E-state index is 13.2. The van der Waals surface area contributed by atoms with Crippen LogP contribution in [0, 0.1) is 0 Å². The van der Waals surface area contributed by atoms with Crippen molar-refractivity contribution in [3.8, 4) is 0 Å². The smallest absolute Gasteiger partial charge is 0.354 e. The van der Waals surface area contributed by atoms with Gasteiger partial charge in [0.25, 0.3) is 11.8 Å². The largest absolute Gasteiger partial charge is 0.452 e. The summed E-state index contributed by atoms with van der Waals surface area (Å²) in [7, 11) is 1.50. The molecule has 3 aliphatic heterocycles. The van der Waals surface area contributed by atoms with Gasteiger partial charge in [-0.05, 0) is 25.0 Å². The van der Waals surface area contributed by atoms with Crippen molar-refractivity contribution in [1.82, 2.24) is 9.80 Å². The first-order valence-electron chi connectivity index (χ1n) is 10.1. The molecule has 0 bridgehead atoms. The average Bonchev–Trinajstić information content (AvgIpc) is 2.91. The van der Waals surface area contributed by atoms with Crippen LogP contribution in [0.4, 0.5) is 5.69 Å². The van der Waals surface area contributed by atoms with E-state index in [-0.39, 0.29) is 37.2 Å². The highest BCUT2D eigenvalue weighted by molar-refractivity contribution is 6.15. The van der Waals surface area contributed by atoms with Crippen molar-refractivity contribution in [1.29, 1.82) is 0 Å². The number of fused-ring (bicyclic) bond motifs is 3. The number of amides is 3. The molecule has 1 atom stereocenters. The lowest BCUT2D eigenvalue weighted by Crippen LogP contribution is -2.67. The molecular formula is C21H25N3O5. The second-order valence-corrected chi connectivity index (χ2v) is 7.80. The van der Waals surface area contributed by atoms with Crippen LogP contribution in [0.1, 0.15) is 48.9 Å². The second kappa shape index (κ2) is 7.50. The molecule has 0 unspecified atom stereocenters. The van der Waals surface area contributed by atoms with Gasteiger partial charge in [0.05, 0.1) is 11.3 Å². The SMILES string of the molecule is CN1C(=O)c2ccccc2N2C(=O)CC[C@]12C(=O)OCC(=O)N1CCCCCC1. The lowest BCUT2D eigenvalue weighted by atomic mass is 9.97. The topological polar surface area (TPSA) is 87.2 Å². The number of likely N-dealkylation sites (tertiary alicyclic amines) is 1. The number of esters is 1. The van der Waals surface area contributed by atoms with E-state index in [9.17, 15) is 19.2 Å². The van der Waals surface area contributed by atoms with E-state index in [0.29, 0.717) is 24.3 Å². The molecule has 3 aliphatic rings. The highest BCUT2D eigenvalue weighted by Gasteiger charge is 2.60. The van der Waals surface area contributed by atoms with Crippen LogP contribution in [0.5, 0.6) is 0 Å². The molecule has 0 aliphatic carbocycles. The first kappa shape index (κ1) is 19.4. The van der Waals surface area contributed by atoms with Crippen molar-refractivity contribution in [2.45, 2.75) is 44.2 Å². The van der Waals surface area contributed by atoms with Gasteiger partial charge in [-0.3, -0.25) is 19.3 Å². The Balaban J connectivity index is 1.57. The quantitative estimate of drug-likeness (QED) is 0.720. The lowest BCUT2D eigenvalue weighted by Gasteiger charge is -2.46. The Bertz CT molecular complexity index is 862. The molecule has 3 heterocycles. The molecule has 0 saturated carbocycles. The number of benzene rings is 1. The van der Waals surface area contributed by atoms with Crippen LogP contribution in [-0.2, 0) is 19.1 Å². The summed E-state index contributed by atoms with van der Waals surface area (Å²) in [6, 6.07) is 6.74. The van der Waals surface area contributed by atoms with Crippen LogP contribution in [0.2, 0.25) is 0 Å². The van der Waals surface area contributed by atoms with Crippen molar-refractivity contribution in [3.63, 3.8) is 0 Å². The van der Waals surface area contributed by atoms with Crippen LogP contribution >= 0.6 is 0 Å². The monoisotopic (exact) mass is 399 g/mol. The summed E-state index contributed by atoms with van der Waals surface area (Å²) >= 11 is 0. The second-order valence-electron chi connectivity index (χ2n) is 7.80. The zero-order valence-corrected chi connectivity index (χ0v) is 16.6. The molecule has 154 valence electrons. The van der Waals surface area contributed by atoms with Gasteiger partial charge in [-0.2, -0.15) is 0 Å². The Morgan fingerprint density at radius 3 is 2.48 bits per heavy atom. The number of hydrogen-bond acceptors (Lipinski definition) is 5. The third kappa shape index (κ3) is 3.07. The first-order chi connectivity index (χ1) is 14.0. The van der Waals surface area contributed by atoms with Gasteiger partial charge >= 0.3 is 5.97 Å². The van der Waals surface area contributed by atoms with E-state index in [1.807, 2.05) is 0 Å². The fraction of sp³-hybridized carbons (Fsp3) is 0.524. The zero-order valence-electron chi connectivity index (χ0n) is 16.6. The minimum atomic E-state index is -1.54. The molecular weight excluding hydrogens is 374 g/mol. The summed E-state index contributed by atoms with van der Waals surface area (Å²) in [5, 5.41) is 0. The number of ether oxygens (including phenoxy) is 1. The van der Waals surface area contributed by atoms with Gasteiger partial charge in [0.1, 0.15) is 0 Å². The summed E-state index contributed by atoms with van der Waals surface area (Å²) in [6.45, 7) is 0.947. The van der Waals surface area contributed by atoms with Crippen LogP contribution in [0.25, 0.3) is 0 Å². The van der Waals surface area contributed by atoms with E-state index < -0.39 is 11.6 Å². The van der Waals surface area contributed by atoms with E-state index in [1.165, 1.54) is 16.8 Å². The van der Waals surface area contributed by atoms with Crippen LogP contribution in [-0.4, -0.2) is 65.9 Å². The Kier molecular flexibility index (Phi) is 5.02. The van der Waals surface area contributed by atoms with Crippen LogP contribution in [0.3, 0.4) is 0 Å². The fourth-order valence-electron chi connectivity index (χ4n) is 4.55. The first-order valence-corrected chi connectivity index (χ1v) is 10.1. The molecule has 0 aromatic heterocycles. The molecule has 1 aromatic carbocycles. The van der Waals surface area contributed by atoms with E-state index in [0.717, 1.165) is 25.7 Å². The molecule has 0 radical (unpaired) electrons. The summed E-state index contributed by atoms with van der Waals surface area (Å²) < 4.78 is 5.41. The molecule has 1 aromatic rings. The third-order valence-electron chi connectivity index (χ3n) is 6.15. The number of likely N-dealkylation sites (N-methyl/N-ethyl adjacent to an activating group) is 1. The van der Waals surface area contributed by atoms with Gasteiger partial charge in [-0.15, -0.1) is 0 Å². The van der Waals surface area contributed by atoms with Crippen molar-refractivity contribution >= 4 is 29.4 Å². The number of anilines is 1. The number of rotatable bonds is 3. The number of nitrogens with zero attached hydrogens (tertiary/aromatic N) is 3. The van der Waals surface area contributed by atoms with Crippen molar-refractivity contribution in [3.05, 3.63) is 29.8 Å². The molecule has 0 N–H and O–H groups in total. The summed E-state index contributed by atoms with van der Waals surface area (Å²) in [5.41, 5.74) is -0.759. The third-order valence-corrected chi connectivity index (χ3v) is 6.15. The van der Waals surface area contributed by atoms with Crippen molar-refractivity contribution in [2.75, 3.05) is 31.6 Å². The van der Waals surface area contributed by atoms with Crippen LogP contribution < -0.4 is 4.90 Å². The molecule has 2 saturated heterocycles. The average molecular weight is 399 g/mol. The van der Waals surface area contributed by atoms with Crippen molar-refractivity contribution < 1.29 is 23.9 Å². The predicted molar refractivity (Wildman–Crippen MR) is 104 cm³/mol. The summed E-state index contributed by atoms with van der Waals surface area (Å²) in [5.74, 6) is -1.57. The molecule has 2 fully saturated rings. The van der Waals surface area contributed by atoms with Crippen LogP contribution in [0.15, 0.2) is 24.3 Å². The minimum absolute atomic E-state index is 0.126. The fourth-order valence-corrected chi connectivity index (χ4v) is 4.55. The number of carbonyl (C=O) groups is 4.